The number of carbonyl (C=O) groups excluding carboxylic acids is 1. The smallest absolute Gasteiger partial charge is 0.226 e. The number of amides is 1. The minimum absolute atomic E-state index is 0.292. The average Bonchev–Trinajstić information content (AvgIpc) is 3.47. The van der Waals surface area contributed by atoms with Crippen LogP contribution in [0.1, 0.15) is 37.7 Å². The monoisotopic (exact) mass is 405 g/mol. The van der Waals surface area contributed by atoms with Crippen LogP contribution in [-0.2, 0) is 11.3 Å². The van der Waals surface area contributed by atoms with Gasteiger partial charge >= 0.3 is 0 Å². The molecule has 3 atom stereocenters. The van der Waals surface area contributed by atoms with Crippen molar-refractivity contribution < 1.29 is 4.79 Å². The van der Waals surface area contributed by atoms with Gasteiger partial charge in [0.05, 0.1) is 0 Å². The SMILES string of the molecule is O=C([C@@H]1C[C@H]2C=C[C@H]1C21CC1)N1CCC(N2CCN(Cc3ccccc3)CC2)CC1. The first-order valence-electron chi connectivity index (χ1n) is 12.2. The number of benzene rings is 1. The molecule has 2 heterocycles. The molecule has 1 spiro atoms. The molecule has 1 aromatic carbocycles. The molecule has 2 saturated heterocycles. The molecule has 0 unspecified atom stereocenters. The number of piperidine rings is 1. The predicted octanol–water partition coefficient (Wildman–Crippen LogP) is 3.40. The molecule has 0 aromatic heterocycles. The van der Waals surface area contributed by atoms with E-state index in [2.05, 4.69) is 57.2 Å². The minimum Gasteiger partial charge on any atom is -0.342 e. The summed E-state index contributed by atoms with van der Waals surface area (Å²) >= 11 is 0. The quantitative estimate of drug-likeness (QED) is 0.719. The molecule has 0 N–H and O–H groups in total. The van der Waals surface area contributed by atoms with E-state index in [0.29, 0.717) is 35.1 Å². The summed E-state index contributed by atoms with van der Waals surface area (Å²) in [7, 11) is 0. The fourth-order valence-electron chi connectivity index (χ4n) is 7.07. The molecule has 0 radical (unpaired) electrons. The fourth-order valence-corrected chi connectivity index (χ4v) is 7.07. The Balaban J connectivity index is 0.981. The molecule has 4 heteroatoms. The topological polar surface area (TPSA) is 26.8 Å². The van der Waals surface area contributed by atoms with Crippen molar-refractivity contribution in [3.8, 4) is 0 Å². The zero-order valence-electron chi connectivity index (χ0n) is 18.1. The third-order valence-corrected chi connectivity index (χ3v) is 8.99. The van der Waals surface area contributed by atoms with Crippen molar-refractivity contribution in [3.63, 3.8) is 0 Å². The summed E-state index contributed by atoms with van der Waals surface area (Å²) in [6.07, 6.45) is 11.0. The van der Waals surface area contributed by atoms with Crippen LogP contribution < -0.4 is 0 Å². The van der Waals surface area contributed by atoms with E-state index < -0.39 is 0 Å². The summed E-state index contributed by atoms with van der Waals surface area (Å²) in [5, 5.41) is 0. The Morgan fingerprint density at radius 1 is 0.933 bits per heavy atom. The second kappa shape index (κ2) is 7.49. The van der Waals surface area contributed by atoms with Crippen LogP contribution >= 0.6 is 0 Å². The van der Waals surface area contributed by atoms with Gasteiger partial charge in [-0.05, 0) is 54.9 Å². The molecule has 2 bridgehead atoms. The number of nitrogens with zero attached hydrogens (tertiary/aromatic N) is 3. The van der Waals surface area contributed by atoms with Crippen molar-refractivity contribution in [3.05, 3.63) is 48.0 Å². The molecule has 2 saturated carbocycles. The van der Waals surface area contributed by atoms with Crippen LogP contribution in [0, 0.1) is 23.2 Å². The number of hydrogen-bond acceptors (Lipinski definition) is 3. The minimum atomic E-state index is 0.292. The maximum absolute atomic E-state index is 13.3. The number of carbonyl (C=O) groups is 1. The average molecular weight is 406 g/mol. The van der Waals surface area contributed by atoms with E-state index in [0.717, 1.165) is 52.0 Å². The van der Waals surface area contributed by atoms with Gasteiger partial charge in [-0.2, -0.15) is 0 Å². The number of rotatable bonds is 4. The van der Waals surface area contributed by atoms with E-state index in [1.165, 1.54) is 31.5 Å². The highest BCUT2D eigenvalue weighted by molar-refractivity contribution is 5.80. The zero-order valence-corrected chi connectivity index (χ0v) is 18.1. The Morgan fingerprint density at radius 2 is 1.67 bits per heavy atom. The molecule has 5 aliphatic rings. The van der Waals surface area contributed by atoms with E-state index in [1.54, 1.807) is 0 Å². The van der Waals surface area contributed by atoms with Crippen molar-refractivity contribution in [2.45, 2.75) is 44.7 Å². The standard InChI is InChI=1S/C26H35N3O/c30-25(23-18-21-6-7-24(23)26(21)10-11-26)29-12-8-22(9-13-29)28-16-14-27(15-17-28)19-20-4-2-1-3-5-20/h1-7,21-24H,8-19H2/t21-,23-,24-/m1/s1. The van der Waals surface area contributed by atoms with Gasteiger partial charge in [0.2, 0.25) is 5.91 Å². The van der Waals surface area contributed by atoms with Gasteiger partial charge in [0.25, 0.3) is 0 Å². The van der Waals surface area contributed by atoms with Gasteiger partial charge in [-0.15, -0.1) is 0 Å². The predicted molar refractivity (Wildman–Crippen MR) is 119 cm³/mol. The third-order valence-electron chi connectivity index (χ3n) is 8.99. The van der Waals surface area contributed by atoms with Crippen LogP contribution in [0.3, 0.4) is 0 Å². The van der Waals surface area contributed by atoms with Crippen molar-refractivity contribution in [1.29, 1.82) is 0 Å². The summed E-state index contributed by atoms with van der Waals surface area (Å²) in [5.41, 5.74) is 1.94. The van der Waals surface area contributed by atoms with Gasteiger partial charge in [-0.25, -0.2) is 0 Å². The zero-order chi connectivity index (χ0) is 20.1. The number of allylic oxidation sites excluding steroid dienone is 2. The summed E-state index contributed by atoms with van der Waals surface area (Å²) in [6, 6.07) is 11.5. The van der Waals surface area contributed by atoms with Crippen LogP contribution in [-0.4, -0.2) is 65.9 Å². The van der Waals surface area contributed by atoms with E-state index >= 15 is 0 Å². The van der Waals surface area contributed by atoms with Crippen molar-refractivity contribution in [2.24, 2.45) is 23.2 Å². The highest BCUT2D eigenvalue weighted by Crippen LogP contribution is 2.70. The molecule has 4 fully saturated rings. The van der Waals surface area contributed by atoms with Crippen LogP contribution in [0.5, 0.6) is 0 Å². The van der Waals surface area contributed by atoms with Gasteiger partial charge < -0.3 is 4.90 Å². The molecule has 2 aliphatic heterocycles. The van der Waals surface area contributed by atoms with E-state index in [1.807, 2.05) is 0 Å². The largest absolute Gasteiger partial charge is 0.342 e. The Morgan fingerprint density at radius 3 is 2.33 bits per heavy atom. The van der Waals surface area contributed by atoms with Crippen LogP contribution in [0.2, 0.25) is 0 Å². The summed E-state index contributed by atoms with van der Waals surface area (Å²) in [6.45, 7) is 7.68. The molecule has 1 aromatic rings. The Hall–Kier alpha value is -1.65. The molecule has 1 amide bonds. The molecule has 6 rings (SSSR count). The molecular weight excluding hydrogens is 370 g/mol. The Kier molecular flexibility index (Phi) is 4.76. The highest BCUT2D eigenvalue weighted by Gasteiger charge is 2.64. The van der Waals surface area contributed by atoms with Gasteiger partial charge in [0.15, 0.2) is 0 Å². The molecule has 3 aliphatic carbocycles. The van der Waals surface area contributed by atoms with Crippen LogP contribution in [0.15, 0.2) is 42.5 Å². The van der Waals surface area contributed by atoms with Gasteiger partial charge in [-0.1, -0.05) is 42.5 Å². The Bertz CT molecular complexity index is 801. The van der Waals surface area contributed by atoms with E-state index in [-0.39, 0.29) is 0 Å². The number of hydrogen-bond donors (Lipinski definition) is 0. The summed E-state index contributed by atoms with van der Waals surface area (Å²) in [5.74, 6) is 2.04. The summed E-state index contributed by atoms with van der Waals surface area (Å²) < 4.78 is 0. The lowest BCUT2D eigenvalue weighted by atomic mass is 9.87. The molecule has 30 heavy (non-hydrogen) atoms. The third kappa shape index (κ3) is 3.23. The van der Waals surface area contributed by atoms with E-state index in [4.69, 9.17) is 0 Å². The lowest BCUT2D eigenvalue weighted by Crippen LogP contribution is -2.54. The van der Waals surface area contributed by atoms with Gasteiger partial charge in [-0.3, -0.25) is 14.6 Å². The highest BCUT2D eigenvalue weighted by atomic mass is 16.2. The van der Waals surface area contributed by atoms with Gasteiger partial charge in [0.1, 0.15) is 0 Å². The maximum Gasteiger partial charge on any atom is 0.226 e. The molecular formula is C26H35N3O. The maximum atomic E-state index is 13.3. The first kappa shape index (κ1) is 19.1. The summed E-state index contributed by atoms with van der Waals surface area (Å²) in [4.78, 5) is 20.8. The second-order valence-electron chi connectivity index (χ2n) is 10.4. The lowest BCUT2D eigenvalue weighted by molar-refractivity contribution is -0.138. The normalized spacial score (nSPS) is 33.5. The van der Waals surface area contributed by atoms with Crippen molar-refractivity contribution in [1.82, 2.24) is 14.7 Å². The Labute approximate surface area is 180 Å². The lowest BCUT2D eigenvalue weighted by Gasteiger charge is -2.43. The number of likely N-dealkylation sites (tertiary alicyclic amines) is 1. The first-order valence-corrected chi connectivity index (χ1v) is 12.2. The van der Waals surface area contributed by atoms with E-state index in [9.17, 15) is 4.79 Å². The fraction of sp³-hybridized carbons (Fsp3) is 0.654. The first-order chi connectivity index (χ1) is 14.7. The number of piperazine rings is 1. The van der Waals surface area contributed by atoms with Gasteiger partial charge in [0, 0.05) is 57.8 Å². The van der Waals surface area contributed by atoms with Crippen molar-refractivity contribution in [2.75, 3.05) is 39.3 Å². The van der Waals surface area contributed by atoms with Crippen LogP contribution in [0.25, 0.3) is 0 Å². The second-order valence-corrected chi connectivity index (χ2v) is 10.4. The van der Waals surface area contributed by atoms with Crippen LogP contribution in [0.4, 0.5) is 0 Å². The molecule has 160 valence electrons. The molecule has 4 nitrogen and oxygen atoms in total. The van der Waals surface area contributed by atoms with Crippen molar-refractivity contribution >= 4 is 5.91 Å².